The molecule has 1 radical (unpaired) electrons. The SMILES string of the molecule is C[B]N1CC(NS(=O)(=O)c2ccc(CCC(=O)OC)cc2)C[C@@H](C(=O)NCC2(CCCCOC)c3ccccc3Oc3ccccc32)C1. The second-order valence-corrected chi connectivity index (χ2v) is 14.2. The summed E-state index contributed by atoms with van der Waals surface area (Å²) in [4.78, 5) is 27.6. The average molecular weight is 675 g/mol. The van der Waals surface area contributed by atoms with E-state index in [1.807, 2.05) is 55.4 Å². The molecule has 48 heavy (non-hydrogen) atoms. The maximum Gasteiger partial charge on any atom is 0.305 e. The largest absolute Gasteiger partial charge is 0.469 e. The van der Waals surface area contributed by atoms with Gasteiger partial charge in [-0.15, -0.1) is 0 Å². The molecule has 3 aromatic rings. The molecular formula is C36H45BN3O7S. The number of ether oxygens (including phenoxy) is 3. The minimum Gasteiger partial charge on any atom is -0.469 e. The lowest BCUT2D eigenvalue weighted by Crippen LogP contribution is -2.55. The number of carbonyl (C=O) groups excluding carboxylic acids is 2. The van der Waals surface area contributed by atoms with Crippen LogP contribution in [0.25, 0.3) is 0 Å². The first kappa shape index (κ1) is 35.6. The number of esters is 1. The van der Waals surface area contributed by atoms with E-state index >= 15 is 0 Å². The van der Waals surface area contributed by atoms with Gasteiger partial charge in [0.25, 0.3) is 0 Å². The zero-order chi connectivity index (χ0) is 34.1. The first-order valence-electron chi connectivity index (χ1n) is 16.5. The lowest BCUT2D eigenvalue weighted by Gasteiger charge is -2.41. The van der Waals surface area contributed by atoms with Gasteiger partial charge in [-0.1, -0.05) is 55.4 Å². The quantitative estimate of drug-likeness (QED) is 0.138. The molecule has 12 heteroatoms. The molecule has 1 fully saturated rings. The number of hydrogen-bond donors (Lipinski definition) is 2. The fourth-order valence-electron chi connectivity index (χ4n) is 6.86. The number of sulfonamides is 1. The van der Waals surface area contributed by atoms with Crippen molar-refractivity contribution in [2.45, 2.75) is 61.7 Å². The lowest BCUT2D eigenvalue weighted by atomic mass is 9.69. The van der Waals surface area contributed by atoms with Crippen molar-refractivity contribution in [3.63, 3.8) is 0 Å². The van der Waals surface area contributed by atoms with Crippen molar-refractivity contribution in [3.8, 4) is 11.5 Å². The number of aryl methyl sites for hydroxylation is 1. The number of nitrogens with one attached hydrogen (secondary N) is 2. The van der Waals surface area contributed by atoms with Gasteiger partial charge in [0.2, 0.25) is 23.3 Å². The Morgan fingerprint density at radius 1 is 0.958 bits per heavy atom. The number of nitrogens with zero attached hydrogens (tertiary/aromatic N) is 1. The molecule has 0 bridgehead atoms. The van der Waals surface area contributed by atoms with E-state index in [4.69, 9.17) is 14.2 Å². The Labute approximate surface area is 284 Å². The van der Waals surface area contributed by atoms with E-state index in [9.17, 15) is 18.0 Å². The number of piperidine rings is 1. The summed E-state index contributed by atoms with van der Waals surface area (Å²) in [6.07, 6.45) is 3.61. The van der Waals surface area contributed by atoms with E-state index in [1.54, 1.807) is 31.4 Å². The van der Waals surface area contributed by atoms with Gasteiger partial charge in [-0.25, -0.2) is 13.1 Å². The minimum absolute atomic E-state index is 0.113. The lowest BCUT2D eigenvalue weighted by molar-refractivity contribution is -0.140. The maximum absolute atomic E-state index is 14.0. The van der Waals surface area contributed by atoms with E-state index in [-0.39, 0.29) is 23.2 Å². The Hall–Kier alpha value is -3.71. The van der Waals surface area contributed by atoms with E-state index in [2.05, 4.69) is 22.2 Å². The molecule has 2 aliphatic rings. The summed E-state index contributed by atoms with van der Waals surface area (Å²) < 4.78 is 46.0. The van der Waals surface area contributed by atoms with Crippen LogP contribution in [0.2, 0.25) is 6.82 Å². The number of methoxy groups -OCH3 is 2. The molecule has 5 rings (SSSR count). The van der Waals surface area contributed by atoms with Crippen LogP contribution in [-0.2, 0) is 40.9 Å². The van der Waals surface area contributed by atoms with Crippen LogP contribution in [0, 0.1) is 5.92 Å². The summed E-state index contributed by atoms with van der Waals surface area (Å²) in [5.41, 5.74) is 2.40. The van der Waals surface area contributed by atoms with E-state index in [1.165, 1.54) is 7.11 Å². The van der Waals surface area contributed by atoms with Gasteiger partial charge in [-0.3, -0.25) is 9.59 Å². The molecule has 0 aliphatic carbocycles. The molecule has 0 aromatic heterocycles. The molecule has 3 aromatic carbocycles. The van der Waals surface area contributed by atoms with Crippen LogP contribution in [0.4, 0.5) is 0 Å². The summed E-state index contributed by atoms with van der Waals surface area (Å²) in [7, 11) is 1.09. The summed E-state index contributed by atoms with van der Waals surface area (Å²) in [5, 5.41) is 3.30. The highest BCUT2D eigenvalue weighted by atomic mass is 32.2. The van der Waals surface area contributed by atoms with E-state index < -0.39 is 27.4 Å². The highest BCUT2D eigenvalue weighted by Crippen LogP contribution is 2.50. The molecule has 2 heterocycles. The monoisotopic (exact) mass is 674 g/mol. The van der Waals surface area contributed by atoms with Crippen LogP contribution in [0.1, 0.15) is 48.8 Å². The highest BCUT2D eigenvalue weighted by molar-refractivity contribution is 7.89. The molecule has 2 N–H and O–H groups in total. The van der Waals surface area contributed by atoms with Gasteiger partial charge in [0, 0.05) is 55.8 Å². The number of para-hydroxylation sites is 2. The second kappa shape index (κ2) is 16.1. The predicted octanol–water partition coefficient (Wildman–Crippen LogP) is 4.45. The summed E-state index contributed by atoms with van der Waals surface area (Å²) in [5.74, 6) is 0.707. The molecule has 0 saturated carbocycles. The number of unbranched alkanes of at least 4 members (excludes halogenated alkanes) is 1. The molecule has 2 atom stereocenters. The number of rotatable bonds is 15. The number of carbonyl (C=O) groups is 2. The smallest absolute Gasteiger partial charge is 0.305 e. The second-order valence-electron chi connectivity index (χ2n) is 12.5. The minimum atomic E-state index is -3.85. The van der Waals surface area contributed by atoms with Crippen molar-refractivity contribution in [3.05, 3.63) is 89.5 Å². The zero-order valence-electron chi connectivity index (χ0n) is 27.9. The molecule has 1 unspecified atom stereocenters. The van der Waals surface area contributed by atoms with Gasteiger partial charge in [-0.2, -0.15) is 0 Å². The number of benzene rings is 3. The molecule has 10 nitrogen and oxygen atoms in total. The van der Waals surface area contributed by atoms with Gasteiger partial charge in [0.15, 0.2) is 0 Å². The number of fused-ring (bicyclic) bond motifs is 2. The van der Waals surface area contributed by atoms with Crippen molar-refractivity contribution in [2.24, 2.45) is 5.92 Å². The maximum atomic E-state index is 14.0. The van der Waals surface area contributed by atoms with Crippen LogP contribution in [-0.4, -0.2) is 79.0 Å². The normalized spacial score (nSPS) is 18.6. The molecule has 0 spiro atoms. The molecule has 1 amide bonds. The average Bonchev–Trinajstić information content (AvgIpc) is 3.11. The van der Waals surface area contributed by atoms with Gasteiger partial charge < -0.3 is 24.3 Å². The predicted molar refractivity (Wildman–Crippen MR) is 185 cm³/mol. The third-order valence-corrected chi connectivity index (χ3v) is 10.9. The third-order valence-electron chi connectivity index (χ3n) is 9.41. The molecule has 2 aliphatic heterocycles. The Morgan fingerprint density at radius 2 is 1.62 bits per heavy atom. The van der Waals surface area contributed by atoms with Crippen molar-refractivity contribution in [1.29, 1.82) is 0 Å². The number of amides is 1. The zero-order valence-corrected chi connectivity index (χ0v) is 28.8. The standard InChI is InChI=1S/C36H45BN3O7S/c1-37-40-23-27(22-28(24-40)39-48(43,44)29-17-14-26(15-18-29)16-19-34(41)46-3)35(42)38-25-36(20-8-9-21-45-2)30-10-4-6-12-32(30)47-33-13-7-5-11-31(33)36/h4-7,10-15,17-18,27-28,39H,8-9,16,19-25H2,1-3H3,(H,38,42)/t27-,28?/m1/s1. The van der Waals surface area contributed by atoms with E-state index in [0.717, 1.165) is 47.5 Å². The van der Waals surface area contributed by atoms with Crippen molar-refractivity contribution >= 4 is 29.3 Å². The van der Waals surface area contributed by atoms with Crippen LogP contribution in [0.15, 0.2) is 77.7 Å². The van der Waals surface area contributed by atoms with Crippen LogP contribution >= 0.6 is 0 Å². The van der Waals surface area contributed by atoms with Gasteiger partial charge in [0.1, 0.15) is 11.5 Å². The topological polar surface area (TPSA) is 123 Å². The van der Waals surface area contributed by atoms with Crippen LogP contribution < -0.4 is 14.8 Å². The highest BCUT2D eigenvalue weighted by Gasteiger charge is 2.43. The first-order valence-corrected chi connectivity index (χ1v) is 18.0. The van der Waals surface area contributed by atoms with Crippen molar-refractivity contribution in [2.75, 3.05) is 40.5 Å². The van der Waals surface area contributed by atoms with Gasteiger partial charge in [-0.05, 0) is 68.5 Å². The van der Waals surface area contributed by atoms with Gasteiger partial charge in [0.05, 0.1) is 17.9 Å². The summed E-state index contributed by atoms with van der Waals surface area (Å²) >= 11 is 0. The van der Waals surface area contributed by atoms with Crippen LogP contribution in [0.5, 0.6) is 11.5 Å². The van der Waals surface area contributed by atoms with Crippen molar-refractivity contribution in [1.82, 2.24) is 14.8 Å². The number of hydrogen-bond acceptors (Lipinski definition) is 8. The fraction of sp³-hybridized carbons (Fsp3) is 0.444. The Bertz CT molecular complexity index is 1620. The third kappa shape index (κ3) is 8.29. The summed E-state index contributed by atoms with van der Waals surface area (Å²) in [6, 6.07) is 22.1. The first-order chi connectivity index (χ1) is 23.2. The Morgan fingerprint density at radius 3 is 2.25 bits per heavy atom. The fourth-order valence-corrected chi connectivity index (χ4v) is 8.10. The van der Waals surface area contributed by atoms with E-state index in [0.29, 0.717) is 39.1 Å². The van der Waals surface area contributed by atoms with Crippen LogP contribution in [0.3, 0.4) is 0 Å². The van der Waals surface area contributed by atoms with Crippen molar-refractivity contribution < 1.29 is 32.2 Å². The molecular weight excluding hydrogens is 629 g/mol. The van der Waals surface area contributed by atoms with Gasteiger partial charge >= 0.3 is 5.97 Å². The molecule has 1 saturated heterocycles. The Kier molecular flexibility index (Phi) is 12.0. The molecule has 255 valence electrons. The Balaban J connectivity index is 1.31. The summed E-state index contributed by atoms with van der Waals surface area (Å²) in [6.45, 7) is 3.88.